The number of alkyl halides is 3. The molecule has 0 N–H and O–H groups in total. The van der Waals surface area contributed by atoms with Crippen LogP contribution in [-0.4, -0.2) is 12.5 Å². The highest BCUT2D eigenvalue weighted by Gasteiger charge is 2.31. The maximum absolute atomic E-state index is 12.7. The topological polar surface area (TPSA) is 23.8 Å². The van der Waals surface area contributed by atoms with Crippen LogP contribution >= 0.6 is 35.1 Å². The highest BCUT2D eigenvalue weighted by atomic mass is 35.5. The van der Waals surface area contributed by atoms with Gasteiger partial charge in [0, 0.05) is 5.02 Å². The molecule has 0 radical (unpaired) electrons. The first kappa shape index (κ1) is 16.3. The lowest BCUT2D eigenvalue weighted by atomic mass is 10.1. The van der Waals surface area contributed by atoms with E-state index in [1.807, 2.05) is 6.07 Å². The van der Waals surface area contributed by atoms with Crippen LogP contribution in [0.4, 0.5) is 13.2 Å². The van der Waals surface area contributed by atoms with Crippen LogP contribution in [0.3, 0.4) is 0 Å². The number of halogens is 4. The van der Waals surface area contributed by atoms with Crippen molar-refractivity contribution in [3.8, 4) is 6.07 Å². The average molecular weight is 324 g/mol. The first-order chi connectivity index (χ1) is 8.83. The Morgan fingerprint density at radius 1 is 1.21 bits per heavy atom. The minimum atomic E-state index is -4.49. The molecule has 1 rings (SSSR count). The maximum Gasteiger partial charge on any atom is 0.416 e. The molecular weight excluding hydrogens is 315 g/mol. The third kappa shape index (κ3) is 4.10. The van der Waals surface area contributed by atoms with Gasteiger partial charge >= 0.3 is 6.18 Å². The van der Waals surface area contributed by atoms with Gasteiger partial charge in [0.25, 0.3) is 0 Å². The van der Waals surface area contributed by atoms with Gasteiger partial charge in [-0.05, 0) is 36.3 Å². The number of hydrogen-bond donors (Lipinski definition) is 0. The summed E-state index contributed by atoms with van der Waals surface area (Å²) in [6.45, 7) is 0. The number of nitrogens with zero attached hydrogens (tertiary/aromatic N) is 1. The third-order valence-electron chi connectivity index (χ3n) is 2.20. The summed E-state index contributed by atoms with van der Waals surface area (Å²) in [4.78, 5) is 0. The van der Waals surface area contributed by atoms with E-state index in [1.165, 1.54) is 29.6 Å². The Balaban J connectivity index is 3.47. The predicted molar refractivity (Wildman–Crippen MR) is 76.0 cm³/mol. The van der Waals surface area contributed by atoms with Crippen molar-refractivity contribution in [2.45, 2.75) is 6.18 Å². The zero-order valence-electron chi connectivity index (χ0n) is 10.0. The highest BCUT2D eigenvalue weighted by Crippen LogP contribution is 2.37. The molecule has 1 aromatic rings. The van der Waals surface area contributed by atoms with Crippen molar-refractivity contribution < 1.29 is 13.2 Å². The minimum absolute atomic E-state index is 0.0425. The van der Waals surface area contributed by atoms with Gasteiger partial charge in [0.2, 0.25) is 0 Å². The molecule has 0 aromatic heterocycles. The lowest BCUT2D eigenvalue weighted by Gasteiger charge is -2.11. The van der Waals surface area contributed by atoms with E-state index in [4.69, 9.17) is 16.9 Å². The summed E-state index contributed by atoms with van der Waals surface area (Å²) >= 11 is 8.33. The van der Waals surface area contributed by atoms with Crippen molar-refractivity contribution >= 4 is 40.7 Å². The Hall–Kier alpha value is -0.770. The van der Waals surface area contributed by atoms with E-state index in [1.54, 1.807) is 12.5 Å². The van der Waals surface area contributed by atoms with Gasteiger partial charge in [-0.3, -0.25) is 0 Å². The van der Waals surface area contributed by atoms with E-state index in [9.17, 15) is 13.2 Å². The monoisotopic (exact) mass is 323 g/mol. The van der Waals surface area contributed by atoms with Crippen molar-refractivity contribution in [2.24, 2.45) is 0 Å². The quantitative estimate of drug-likeness (QED) is 0.707. The van der Waals surface area contributed by atoms with Gasteiger partial charge in [-0.1, -0.05) is 11.6 Å². The van der Waals surface area contributed by atoms with Crippen LogP contribution in [0.15, 0.2) is 22.4 Å². The van der Waals surface area contributed by atoms with E-state index in [0.717, 1.165) is 12.1 Å². The van der Waals surface area contributed by atoms with E-state index in [0.29, 0.717) is 4.24 Å². The molecule has 102 valence electrons. The predicted octanol–water partition coefficient (Wildman–Crippen LogP) is 5.28. The first-order valence-corrected chi connectivity index (χ1v) is 7.76. The average Bonchev–Trinajstić information content (AvgIpc) is 2.33. The molecule has 0 spiro atoms. The molecule has 0 bridgehead atoms. The molecule has 0 amide bonds. The Labute approximate surface area is 122 Å². The van der Waals surface area contributed by atoms with E-state index >= 15 is 0 Å². The summed E-state index contributed by atoms with van der Waals surface area (Å²) in [7, 11) is 0. The van der Waals surface area contributed by atoms with Crippen molar-refractivity contribution in [1.29, 1.82) is 5.26 Å². The number of hydrogen-bond acceptors (Lipinski definition) is 3. The van der Waals surface area contributed by atoms with Gasteiger partial charge in [0.05, 0.1) is 15.4 Å². The summed E-state index contributed by atoms with van der Waals surface area (Å²) in [5.41, 5.74) is -0.474. The Kier molecular flexibility index (Phi) is 5.65. The normalized spacial score (nSPS) is 11.0. The molecule has 0 saturated heterocycles. The number of thioether (sulfide) groups is 2. The second kappa shape index (κ2) is 6.60. The fourth-order valence-electron chi connectivity index (χ4n) is 1.41. The fourth-order valence-corrected chi connectivity index (χ4v) is 3.05. The molecule has 0 aliphatic carbocycles. The molecule has 0 fully saturated rings. The van der Waals surface area contributed by atoms with Crippen molar-refractivity contribution in [2.75, 3.05) is 12.5 Å². The molecule has 0 saturated carbocycles. The fraction of sp³-hybridized carbons (Fsp3) is 0.250. The molecule has 1 nitrogen and oxygen atoms in total. The molecule has 0 unspecified atom stereocenters. The number of allylic oxidation sites excluding steroid dienone is 1. The molecule has 0 aliphatic heterocycles. The lowest BCUT2D eigenvalue weighted by Crippen LogP contribution is -2.05. The second-order valence-corrected chi connectivity index (χ2v) is 5.74. The zero-order valence-corrected chi connectivity index (χ0v) is 12.4. The Morgan fingerprint density at radius 3 is 2.21 bits per heavy atom. The molecular formula is C12H9ClF3NS2. The molecule has 0 aliphatic rings. The van der Waals surface area contributed by atoms with Crippen LogP contribution in [-0.2, 0) is 6.18 Å². The SMILES string of the molecule is CSC(SC)=C(C#N)c1cc(Cl)cc(C(F)(F)F)c1. The standard InChI is InChI=1S/C12H9ClF3NS2/c1-18-11(19-2)10(6-17)7-3-8(12(14,15)16)5-9(13)4-7/h3-5H,1-2H3. The summed E-state index contributed by atoms with van der Waals surface area (Å²) < 4.78 is 38.8. The Morgan fingerprint density at radius 2 is 1.79 bits per heavy atom. The largest absolute Gasteiger partial charge is 0.416 e. The lowest BCUT2D eigenvalue weighted by molar-refractivity contribution is -0.137. The second-order valence-electron chi connectivity index (χ2n) is 3.41. The van der Waals surface area contributed by atoms with Gasteiger partial charge < -0.3 is 0 Å². The van der Waals surface area contributed by atoms with E-state index in [2.05, 4.69) is 0 Å². The Bertz CT molecular complexity index is 541. The van der Waals surface area contributed by atoms with Gasteiger partial charge in [0.1, 0.15) is 6.07 Å². The smallest absolute Gasteiger partial charge is 0.192 e. The number of nitriles is 1. The van der Waals surface area contributed by atoms with Gasteiger partial charge in [-0.15, -0.1) is 23.5 Å². The summed E-state index contributed by atoms with van der Waals surface area (Å²) in [5.74, 6) is 0. The summed E-state index contributed by atoms with van der Waals surface area (Å²) in [6.07, 6.45) is -0.962. The van der Waals surface area contributed by atoms with Crippen LogP contribution in [0.2, 0.25) is 5.02 Å². The van der Waals surface area contributed by atoms with Gasteiger partial charge in [-0.2, -0.15) is 18.4 Å². The van der Waals surface area contributed by atoms with Crippen LogP contribution in [0, 0.1) is 11.3 Å². The van der Waals surface area contributed by atoms with Crippen molar-refractivity contribution in [3.05, 3.63) is 38.6 Å². The van der Waals surface area contributed by atoms with Crippen molar-refractivity contribution in [1.82, 2.24) is 0 Å². The van der Waals surface area contributed by atoms with Gasteiger partial charge in [0.15, 0.2) is 0 Å². The highest BCUT2D eigenvalue weighted by molar-refractivity contribution is 8.21. The van der Waals surface area contributed by atoms with Crippen LogP contribution < -0.4 is 0 Å². The van der Waals surface area contributed by atoms with Crippen LogP contribution in [0.1, 0.15) is 11.1 Å². The maximum atomic E-state index is 12.7. The third-order valence-corrected chi connectivity index (χ3v) is 4.57. The summed E-state index contributed by atoms with van der Waals surface area (Å²) in [6, 6.07) is 5.09. The molecule has 7 heteroatoms. The first-order valence-electron chi connectivity index (χ1n) is 4.94. The van der Waals surface area contributed by atoms with Crippen LogP contribution in [0.5, 0.6) is 0 Å². The zero-order chi connectivity index (χ0) is 14.6. The van der Waals surface area contributed by atoms with E-state index < -0.39 is 11.7 Å². The minimum Gasteiger partial charge on any atom is -0.192 e. The molecule has 0 heterocycles. The van der Waals surface area contributed by atoms with Gasteiger partial charge in [-0.25, -0.2) is 0 Å². The molecule has 0 atom stereocenters. The summed E-state index contributed by atoms with van der Waals surface area (Å²) in [5, 5.41) is 9.10. The number of rotatable bonds is 3. The van der Waals surface area contributed by atoms with Crippen molar-refractivity contribution in [3.63, 3.8) is 0 Å². The number of benzene rings is 1. The molecule has 1 aromatic carbocycles. The molecule has 19 heavy (non-hydrogen) atoms. The van der Waals surface area contributed by atoms with E-state index in [-0.39, 0.29) is 16.2 Å². The van der Waals surface area contributed by atoms with Crippen LogP contribution in [0.25, 0.3) is 5.57 Å².